The predicted octanol–water partition coefficient (Wildman–Crippen LogP) is 1.14. The molecule has 2 rings (SSSR count). The SMILES string of the molecule is CC(C)(C)OC(O)Nc1cc2cccnc2n(O)c1=O. The van der Waals surface area contributed by atoms with Crippen LogP contribution >= 0.6 is 0 Å². The fourth-order valence-electron chi connectivity index (χ4n) is 1.73. The summed E-state index contributed by atoms with van der Waals surface area (Å²) in [4.78, 5) is 15.8. The summed E-state index contributed by atoms with van der Waals surface area (Å²) in [6.45, 7) is 5.31. The highest BCUT2D eigenvalue weighted by atomic mass is 16.6. The van der Waals surface area contributed by atoms with Crippen molar-refractivity contribution in [3.8, 4) is 0 Å². The van der Waals surface area contributed by atoms with Crippen LogP contribution in [0.25, 0.3) is 11.0 Å². The number of aromatic nitrogens is 2. The van der Waals surface area contributed by atoms with Gasteiger partial charge in [0.15, 0.2) is 5.65 Å². The molecule has 20 heavy (non-hydrogen) atoms. The third-order valence-corrected chi connectivity index (χ3v) is 2.48. The van der Waals surface area contributed by atoms with Gasteiger partial charge in [0, 0.05) is 11.6 Å². The van der Waals surface area contributed by atoms with Gasteiger partial charge in [-0.05, 0) is 39.0 Å². The van der Waals surface area contributed by atoms with Crippen LogP contribution in [0.4, 0.5) is 5.69 Å². The van der Waals surface area contributed by atoms with Crippen molar-refractivity contribution >= 4 is 16.7 Å². The molecule has 0 amide bonds. The molecule has 108 valence electrons. The maximum Gasteiger partial charge on any atom is 0.308 e. The molecule has 7 heteroatoms. The molecule has 0 spiro atoms. The smallest absolute Gasteiger partial charge is 0.308 e. The first-order chi connectivity index (χ1) is 9.28. The Hall–Kier alpha value is -2.12. The number of anilines is 1. The highest BCUT2D eigenvalue weighted by Crippen LogP contribution is 2.15. The summed E-state index contributed by atoms with van der Waals surface area (Å²) >= 11 is 0. The van der Waals surface area contributed by atoms with Gasteiger partial charge in [0.25, 0.3) is 0 Å². The van der Waals surface area contributed by atoms with E-state index < -0.39 is 17.6 Å². The minimum atomic E-state index is -1.36. The molecule has 0 fully saturated rings. The maximum absolute atomic E-state index is 11.9. The van der Waals surface area contributed by atoms with Crippen molar-refractivity contribution in [3.05, 3.63) is 34.7 Å². The molecule has 7 nitrogen and oxygen atoms in total. The summed E-state index contributed by atoms with van der Waals surface area (Å²) in [7, 11) is 0. The molecule has 3 N–H and O–H groups in total. The Labute approximate surface area is 115 Å². The molecule has 1 unspecified atom stereocenters. The lowest BCUT2D eigenvalue weighted by Crippen LogP contribution is -2.35. The highest BCUT2D eigenvalue weighted by Gasteiger charge is 2.18. The Kier molecular flexibility index (Phi) is 3.65. The molecule has 1 atom stereocenters. The van der Waals surface area contributed by atoms with Crippen LogP contribution in [-0.4, -0.2) is 32.0 Å². The third kappa shape index (κ3) is 3.06. The van der Waals surface area contributed by atoms with E-state index in [4.69, 9.17) is 4.74 Å². The number of hydrogen-bond donors (Lipinski definition) is 3. The van der Waals surface area contributed by atoms with Crippen LogP contribution < -0.4 is 10.9 Å². The van der Waals surface area contributed by atoms with E-state index in [0.29, 0.717) is 10.1 Å². The van der Waals surface area contributed by atoms with Crippen molar-refractivity contribution in [3.63, 3.8) is 0 Å². The van der Waals surface area contributed by atoms with Gasteiger partial charge in [0.1, 0.15) is 5.69 Å². The number of pyridine rings is 2. The van der Waals surface area contributed by atoms with E-state index in [1.807, 2.05) is 0 Å². The first-order valence-electron chi connectivity index (χ1n) is 6.10. The zero-order valence-electron chi connectivity index (χ0n) is 11.5. The highest BCUT2D eigenvalue weighted by molar-refractivity contribution is 5.78. The topological polar surface area (TPSA) is 96.6 Å². The largest absolute Gasteiger partial charge is 0.423 e. The molecule has 0 saturated carbocycles. The monoisotopic (exact) mass is 279 g/mol. The zero-order valence-corrected chi connectivity index (χ0v) is 11.5. The van der Waals surface area contributed by atoms with Crippen LogP contribution in [0.1, 0.15) is 20.8 Å². The quantitative estimate of drug-likeness (QED) is 0.576. The molecule has 0 aliphatic carbocycles. The van der Waals surface area contributed by atoms with Gasteiger partial charge in [-0.25, -0.2) is 4.98 Å². The van der Waals surface area contributed by atoms with E-state index in [9.17, 15) is 15.1 Å². The van der Waals surface area contributed by atoms with Crippen molar-refractivity contribution in [2.24, 2.45) is 0 Å². The first kappa shape index (κ1) is 14.3. The number of rotatable bonds is 3. The molecule has 2 aromatic heterocycles. The zero-order chi connectivity index (χ0) is 14.9. The molecule has 0 aromatic carbocycles. The van der Waals surface area contributed by atoms with E-state index in [-0.39, 0.29) is 11.3 Å². The Bertz CT molecular complexity index is 675. The second-order valence-electron chi connectivity index (χ2n) is 5.32. The van der Waals surface area contributed by atoms with Crippen LogP contribution in [0.2, 0.25) is 0 Å². The molecule has 0 radical (unpaired) electrons. The van der Waals surface area contributed by atoms with Crippen molar-refractivity contribution in [2.45, 2.75) is 32.8 Å². The van der Waals surface area contributed by atoms with Crippen molar-refractivity contribution in [1.82, 2.24) is 9.71 Å². The van der Waals surface area contributed by atoms with Crippen LogP contribution in [0.5, 0.6) is 0 Å². The maximum atomic E-state index is 11.9. The van der Waals surface area contributed by atoms with E-state index in [2.05, 4.69) is 10.3 Å². The fraction of sp³-hybridized carbons (Fsp3) is 0.385. The minimum Gasteiger partial charge on any atom is -0.423 e. The van der Waals surface area contributed by atoms with Crippen LogP contribution in [-0.2, 0) is 4.74 Å². The molecule has 2 heterocycles. The van der Waals surface area contributed by atoms with Crippen LogP contribution in [0, 0.1) is 0 Å². The summed E-state index contributed by atoms with van der Waals surface area (Å²) in [6.07, 6.45) is 0.107. The lowest BCUT2D eigenvalue weighted by atomic mass is 10.2. The minimum absolute atomic E-state index is 0.0183. The average molecular weight is 279 g/mol. The van der Waals surface area contributed by atoms with Gasteiger partial charge in [-0.2, -0.15) is 0 Å². The predicted molar refractivity (Wildman–Crippen MR) is 73.7 cm³/mol. The number of hydrogen-bond acceptors (Lipinski definition) is 6. The summed E-state index contributed by atoms with van der Waals surface area (Å²) < 4.78 is 5.68. The molecular formula is C13H17N3O4. The number of fused-ring (bicyclic) bond motifs is 1. The van der Waals surface area contributed by atoms with Gasteiger partial charge in [-0.3, -0.25) is 4.79 Å². The fourth-order valence-corrected chi connectivity index (χ4v) is 1.73. The van der Waals surface area contributed by atoms with Gasteiger partial charge in [-0.1, -0.05) is 0 Å². The van der Waals surface area contributed by atoms with Crippen molar-refractivity contribution in [2.75, 3.05) is 5.32 Å². The molecule has 0 bridgehead atoms. The number of ether oxygens (including phenoxy) is 1. The van der Waals surface area contributed by atoms with E-state index >= 15 is 0 Å². The number of nitrogens with zero attached hydrogens (tertiary/aromatic N) is 2. The second kappa shape index (κ2) is 5.10. The molecule has 2 aromatic rings. The second-order valence-corrected chi connectivity index (χ2v) is 5.32. The Balaban J connectivity index is 2.36. The molecule has 0 saturated heterocycles. The van der Waals surface area contributed by atoms with Gasteiger partial charge < -0.3 is 20.4 Å². The summed E-state index contributed by atoms with van der Waals surface area (Å²) in [6, 6.07) is 4.86. The normalized spacial score (nSPS) is 13.4. The van der Waals surface area contributed by atoms with Gasteiger partial charge in [0.05, 0.1) is 5.60 Å². The summed E-state index contributed by atoms with van der Waals surface area (Å²) in [5.41, 5.74) is -1.13. The number of aliphatic hydroxyl groups excluding tert-OH is 1. The lowest BCUT2D eigenvalue weighted by molar-refractivity contribution is -0.148. The number of aliphatic hydroxyl groups is 1. The third-order valence-electron chi connectivity index (χ3n) is 2.48. The summed E-state index contributed by atoms with van der Waals surface area (Å²) in [5, 5.41) is 22.6. The molecular weight excluding hydrogens is 262 g/mol. The van der Waals surface area contributed by atoms with Gasteiger partial charge in [0.2, 0.25) is 6.41 Å². The van der Waals surface area contributed by atoms with Crippen molar-refractivity contribution in [1.29, 1.82) is 0 Å². The standard InChI is InChI=1S/C13H17N3O4/c1-13(2,3)20-12(18)15-9-7-8-5-4-6-14-10(8)16(19)11(9)17/h4-7,12,15,18-19H,1-3H3. The summed E-state index contributed by atoms with van der Waals surface area (Å²) in [5.74, 6) is 0. The van der Waals surface area contributed by atoms with Gasteiger partial charge in [-0.15, -0.1) is 4.73 Å². The van der Waals surface area contributed by atoms with Crippen LogP contribution in [0.3, 0.4) is 0 Å². The first-order valence-corrected chi connectivity index (χ1v) is 6.10. The Morgan fingerprint density at radius 3 is 2.80 bits per heavy atom. The molecule has 0 aliphatic heterocycles. The molecule has 0 aliphatic rings. The van der Waals surface area contributed by atoms with Crippen LogP contribution in [0.15, 0.2) is 29.2 Å². The van der Waals surface area contributed by atoms with E-state index in [0.717, 1.165) is 0 Å². The average Bonchev–Trinajstić information content (AvgIpc) is 2.33. The van der Waals surface area contributed by atoms with E-state index in [1.165, 1.54) is 12.3 Å². The Morgan fingerprint density at radius 2 is 2.15 bits per heavy atom. The Morgan fingerprint density at radius 1 is 1.45 bits per heavy atom. The van der Waals surface area contributed by atoms with Crippen molar-refractivity contribution < 1.29 is 15.1 Å². The van der Waals surface area contributed by atoms with E-state index in [1.54, 1.807) is 32.9 Å². The van der Waals surface area contributed by atoms with Gasteiger partial charge >= 0.3 is 5.56 Å². The number of nitrogens with one attached hydrogen (secondary N) is 1. The lowest BCUT2D eigenvalue weighted by Gasteiger charge is -2.24.